The van der Waals surface area contributed by atoms with Crippen molar-refractivity contribution in [1.82, 2.24) is 5.32 Å². The fourth-order valence-electron chi connectivity index (χ4n) is 0.608. The van der Waals surface area contributed by atoms with Crippen LogP contribution in [0.5, 0.6) is 0 Å². The summed E-state index contributed by atoms with van der Waals surface area (Å²) in [4.78, 5) is 21.7. The first-order valence-corrected chi connectivity index (χ1v) is 4.58. The Kier molecular flexibility index (Phi) is 4.06. The largest absolute Gasteiger partial charge is 0.480 e. The Hall–Kier alpha value is -0.910. The van der Waals surface area contributed by atoms with Crippen molar-refractivity contribution >= 4 is 24.7 Å². The molecule has 0 aromatic carbocycles. The van der Waals surface area contributed by atoms with Gasteiger partial charge in [-0.25, -0.2) is 9.59 Å². The molecule has 0 heterocycles. The van der Waals surface area contributed by atoms with Gasteiger partial charge in [0.15, 0.2) is 0 Å². The van der Waals surface area contributed by atoms with E-state index in [0.717, 1.165) is 0 Å². The number of ether oxygens (including phenoxy) is 1. The van der Waals surface area contributed by atoms with Crippen LogP contribution in [0.1, 0.15) is 22.1 Å². The minimum absolute atomic E-state index is 0.0221. The molecular formula is C8H15NO4S. The maximum absolute atomic E-state index is 11.2. The summed E-state index contributed by atoms with van der Waals surface area (Å²) in [5.74, 6) is -1.20. The second-order valence-electron chi connectivity index (χ2n) is 3.37. The van der Waals surface area contributed by atoms with Gasteiger partial charge in [-0.15, -0.1) is 0 Å². The average molecular weight is 222 g/mol. The highest BCUT2D eigenvalue weighted by atomic mass is 32.1. The maximum atomic E-state index is 11.2. The number of hydrogen-bond acceptors (Lipinski definition) is 4. The van der Waals surface area contributed by atoms with Crippen molar-refractivity contribution in [3.8, 4) is 0 Å². The second-order valence-corrected chi connectivity index (χ2v) is 3.73. The number of thiol groups is 1. The standard InChI is InChI=1S/C8H15NO4S/c1-8(2,3)13-7(12)9-5(4-14)6(10)11/h5,14H,4H2,1-3H3,(H,9,12)(H,10,11)/t5-/m0/s1/i1D. The summed E-state index contributed by atoms with van der Waals surface area (Å²) >= 11 is 3.78. The van der Waals surface area contributed by atoms with Gasteiger partial charge in [0.05, 0.1) is 0 Å². The average Bonchev–Trinajstić information content (AvgIpc) is 2.13. The van der Waals surface area contributed by atoms with Crippen molar-refractivity contribution in [2.75, 3.05) is 5.75 Å². The van der Waals surface area contributed by atoms with Gasteiger partial charge in [0.25, 0.3) is 0 Å². The van der Waals surface area contributed by atoms with Gasteiger partial charge in [-0.2, -0.15) is 12.6 Å². The van der Waals surface area contributed by atoms with E-state index in [1.54, 1.807) is 13.8 Å². The highest BCUT2D eigenvalue weighted by Crippen LogP contribution is 2.06. The topological polar surface area (TPSA) is 75.6 Å². The molecule has 0 rings (SSSR count). The van der Waals surface area contributed by atoms with Crippen LogP contribution in [0.25, 0.3) is 0 Å². The van der Waals surface area contributed by atoms with E-state index >= 15 is 0 Å². The highest BCUT2D eigenvalue weighted by molar-refractivity contribution is 7.80. The lowest BCUT2D eigenvalue weighted by Gasteiger charge is -2.21. The number of alkyl carbamates (subject to hydrolysis) is 1. The lowest BCUT2D eigenvalue weighted by atomic mass is 10.2. The lowest BCUT2D eigenvalue weighted by molar-refractivity contribution is -0.138. The third-order valence-corrected chi connectivity index (χ3v) is 1.51. The Morgan fingerprint density at radius 2 is 2.29 bits per heavy atom. The zero-order chi connectivity index (χ0) is 12.1. The maximum Gasteiger partial charge on any atom is 0.408 e. The number of nitrogens with one attached hydrogen (secondary N) is 1. The molecule has 0 unspecified atom stereocenters. The van der Waals surface area contributed by atoms with Crippen molar-refractivity contribution in [3.63, 3.8) is 0 Å². The van der Waals surface area contributed by atoms with Gasteiger partial charge in [0.2, 0.25) is 0 Å². The molecule has 0 aromatic rings. The zero-order valence-electron chi connectivity index (χ0n) is 9.11. The molecule has 1 atom stereocenters. The number of amides is 1. The number of carbonyl (C=O) groups is 2. The van der Waals surface area contributed by atoms with Gasteiger partial charge in [-0.1, -0.05) is 0 Å². The molecule has 2 N–H and O–H groups in total. The molecule has 5 nitrogen and oxygen atoms in total. The number of hydrogen-bond donors (Lipinski definition) is 3. The van der Waals surface area contributed by atoms with Crippen LogP contribution in [0, 0.1) is 0 Å². The molecule has 82 valence electrons. The number of rotatable bonds is 3. The molecule has 0 aliphatic carbocycles. The summed E-state index contributed by atoms with van der Waals surface area (Å²) in [6.45, 7) is 3.03. The molecule has 14 heavy (non-hydrogen) atoms. The van der Waals surface area contributed by atoms with Crippen LogP contribution in [0.15, 0.2) is 0 Å². The van der Waals surface area contributed by atoms with Gasteiger partial charge >= 0.3 is 12.1 Å². The number of aliphatic carboxylic acids is 1. The predicted molar refractivity (Wildman–Crippen MR) is 54.6 cm³/mol. The summed E-state index contributed by atoms with van der Waals surface area (Å²) in [5.41, 5.74) is -0.927. The Morgan fingerprint density at radius 1 is 1.71 bits per heavy atom. The Morgan fingerprint density at radius 3 is 2.64 bits per heavy atom. The Bertz CT molecular complexity index is 247. The first-order valence-electron chi connectivity index (χ1n) is 4.65. The monoisotopic (exact) mass is 222 g/mol. The van der Waals surface area contributed by atoms with Crippen LogP contribution in [0.4, 0.5) is 4.79 Å². The van der Waals surface area contributed by atoms with E-state index in [9.17, 15) is 9.59 Å². The van der Waals surface area contributed by atoms with E-state index in [2.05, 4.69) is 17.9 Å². The molecule has 1 amide bonds. The second kappa shape index (κ2) is 5.09. The SMILES string of the molecule is [2H]CC(C)(C)OC(=O)N[C@@H](CS)C(=O)O. The van der Waals surface area contributed by atoms with Crippen LogP contribution >= 0.6 is 12.6 Å². The summed E-state index contributed by atoms with van der Waals surface area (Å²) < 4.78 is 11.9. The molecule has 0 aliphatic heterocycles. The van der Waals surface area contributed by atoms with E-state index in [1.165, 1.54) is 0 Å². The van der Waals surface area contributed by atoms with Gasteiger partial charge < -0.3 is 15.2 Å². The first-order chi connectivity index (χ1) is 6.82. The third kappa shape index (κ3) is 5.69. The smallest absolute Gasteiger partial charge is 0.408 e. The number of carboxylic acid groups (broad SMARTS) is 1. The van der Waals surface area contributed by atoms with Crippen molar-refractivity contribution in [1.29, 1.82) is 0 Å². The summed E-state index contributed by atoms with van der Waals surface area (Å²) in [6.07, 6.45) is -0.853. The van der Waals surface area contributed by atoms with E-state index in [-0.39, 0.29) is 12.7 Å². The third-order valence-electron chi connectivity index (χ3n) is 1.14. The van der Waals surface area contributed by atoms with Crippen LogP contribution in [-0.2, 0) is 9.53 Å². The van der Waals surface area contributed by atoms with Crippen molar-refractivity contribution in [2.24, 2.45) is 0 Å². The minimum atomic E-state index is -1.18. The number of carbonyl (C=O) groups excluding carboxylic acids is 1. The summed E-state index contributed by atoms with van der Waals surface area (Å²) in [7, 11) is 0. The zero-order valence-corrected chi connectivity index (χ0v) is 9.01. The molecule has 0 bridgehead atoms. The van der Waals surface area contributed by atoms with Gasteiger partial charge in [-0.05, 0) is 20.7 Å². The van der Waals surface area contributed by atoms with E-state index < -0.39 is 23.7 Å². The quantitative estimate of drug-likeness (QED) is 0.620. The fraction of sp³-hybridized carbons (Fsp3) is 0.750. The summed E-state index contributed by atoms with van der Waals surface area (Å²) in [6, 6.07) is -1.08. The van der Waals surface area contributed by atoms with Crippen LogP contribution in [-0.4, -0.2) is 34.6 Å². The van der Waals surface area contributed by atoms with Crippen molar-refractivity contribution in [3.05, 3.63) is 0 Å². The van der Waals surface area contributed by atoms with Crippen molar-refractivity contribution in [2.45, 2.75) is 32.4 Å². The molecule has 0 fully saturated rings. The molecule has 0 aliphatic rings. The van der Waals surface area contributed by atoms with Gasteiger partial charge in [0.1, 0.15) is 11.6 Å². The van der Waals surface area contributed by atoms with E-state index in [1.807, 2.05) is 0 Å². The normalized spacial score (nSPS) is 14.1. The van der Waals surface area contributed by atoms with E-state index in [4.69, 9.17) is 11.2 Å². The lowest BCUT2D eigenvalue weighted by Crippen LogP contribution is -2.44. The Balaban J connectivity index is 4.19. The van der Waals surface area contributed by atoms with Gasteiger partial charge in [0, 0.05) is 7.12 Å². The molecule has 6 heteroatoms. The van der Waals surface area contributed by atoms with Gasteiger partial charge in [-0.3, -0.25) is 0 Å². The first kappa shape index (κ1) is 11.2. The molecule has 0 saturated heterocycles. The minimum Gasteiger partial charge on any atom is -0.480 e. The van der Waals surface area contributed by atoms with Crippen molar-refractivity contribution < 1.29 is 20.8 Å². The molecule has 0 spiro atoms. The molecular weight excluding hydrogens is 206 g/mol. The summed E-state index contributed by atoms with van der Waals surface area (Å²) in [5, 5.41) is 10.8. The highest BCUT2D eigenvalue weighted by Gasteiger charge is 2.22. The van der Waals surface area contributed by atoms with E-state index in [0.29, 0.717) is 0 Å². The fourth-order valence-corrected chi connectivity index (χ4v) is 0.856. The predicted octanol–water partition coefficient (Wildman–Crippen LogP) is 0.894. The number of carboxylic acids is 1. The van der Waals surface area contributed by atoms with Crippen LogP contribution < -0.4 is 5.32 Å². The van der Waals surface area contributed by atoms with Crippen LogP contribution in [0.3, 0.4) is 0 Å². The van der Waals surface area contributed by atoms with Crippen LogP contribution in [0.2, 0.25) is 0 Å². The Labute approximate surface area is 89.6 Å². The molecule has 0 saturated carbocycles. The molecule has 0 radical (unpaired) electrons. The molecule has 0 aromatic heterocycles.